The fourth-order valence-electron chi connectivity index (χ4n) is 2.24. The van der Waals surface area contributed by atoms with Gasteiger partial charge in [0, 0.05) is 0 Å². The molecule has 0 atom stereocenters. The first-order chi connectivity index (χ1) is 12.1. The largest absolute Gasteiger partial charge is 0.478 e. The van der Waals surface area contributed by atoms with Gasteiger partial charge in [-0.15, -0.1) is 0 Å². The number of carbonyl (C=O) groups excluding carboxylic acids is 1. The van der Waals surface area contributed by atoms with Crippen molar-refractivity contribution >= 4 is 11.9 Å². The molecule has 1 fully saturated rings. The monoisotopic (exact) mass is 342 g/mol. The predicted octanol–water partition coefficient (Wildman–Crippen LogP) is 3.65. The molecular weight excluding hydrogens is 320 g/mol. The minimum Gasteiger partial charge on any atom is -0.478 e. The van der Waals surface area contributed by atoms with Crippen LogP contribution in [-0.2, 0) is 9.47 Å². The quantitative estimate of drug-likeness (QED) is 0.840. The Morgan fingerprint density at radius 2 is 1.52 bits per heavy atom. The van der Waals surface area contributed by atoms with E-state index in [0.29, 0.717) is 30.9 Å². The Morgan fingerprint density at radius 3 is 1.88 bits per heavy atom. The van der Waals surface area contributed by atoms with E-state index in [2.05, 4.69) is 6.92 Å². The standard InChI is InChI=1S/C13H16O3.C7H6O2/c1-2-13(8-15-9-13)10-16-12(14)11-6-4-3-5-7-11;8-7(9)6-4-2-1-3-5-6/h3-7H,2,8-10H2,1H3;1-5H,(H,8,9). The second-order valence-corrected chi connectivity index (χ2v) is 5.96. The molecule has 1 aliphatic heterocycles. The van der Waals surface area contributed by atoms with Crippen molar-refractivity contribution in [3.05, 3.63) is 71.8 Å². The average molecular weight is 342 g/mol. The maximum absolute atomic E-state index is 11.7. The molecular formula is C20H22O5. The van der Waals surface area contributed by atoms with E-state index in [0.717, 1.165) is 6.42 Å². The second-order valence-electron chi connectivity index (χ2n) is 5.96. The molecule has 3 rings (SSSR count). The summed E-state index contributed by atoms with van der Waals surface area (Å²) in [4.78, 5) is 21.9. The Balaban J connectivity index is 0.000000212. The number of ether oxygens (including phenoxy) is 2. The lowest BCUT2D eigenvalue weighted by Crippen LogP contribution is -2.46. The summed E-state index contributed by atoms with van der Waals surface area (Å²) in [7, 11) is 0. The summed E-state index contributed by atoms with van der Waals surface area (Å²) in [6.45, 7) is 3.95. The zero-order valence-corrected chi connectivity index (χ0v) is 14.2. The fraction of sp³-hybridized carbons (Fsp3) is 0.300. The summed E-state index contributed by atoms with van der Waals surface area (Å²) in [6.07, 6.45) is 0.981. The van der Waals surface area contributed by atoms with Gasteiger partial charge in [-0.25, -0.2) is 9.59 Å². The van der Waals surface area contributed by atoms with Crippen LogP contribution in [0.15, 0.2) is 60.7 Å². The van der Waals surface area contributed by atoms with Crippen molar-refractivity contribution in [1.29, 1.82) is 0 Å². The van der Waals surface area contributed by atoms with E-state index in [1.54, 1.807) is 42.5 Å². The smallest absolute Gasteiger partial charge is 0.338 e. The third kappa shape index (κ3) is 5.43. The van der Waals surface area contributed by atoms with Crippen LogP contribution in [0.25, 0.3) is 0 Å². The Kier molecular flexibility index (Phi) is 6.71. The van der Waals surface area contributed by atoms with Crippen LogP contribution in [0.2, 0.25) is 0 Å². The van der Waals surface area contributed by atoms with Crippen molar-refractivity contribution in [2.24, 2.45) is 5.41 Å². The minimum absolute atomic E-state index is 0.0600. The summed E-state index contributed by atoms with van der Waals surface area (Å²) in [6, 6.07) is 17.4. The Hall–Kier alpha value is -2.66. The lowest BCUT2D eigenvalue weighted by atomic mass is 9.84. The first kappa shape index (κ1) is 18.7. The van der Waals surface area contributed by atoms with E-state index in [9.17, 15) is 9.59 Å². The van der Waals surface area contributed by atoms with E-state index >= 15 is 0 Å². The second kappa shape index (κ2) is 8.99. The van der Waals surface area contributed by atoms with Crippen molar-refractivity contribution in [3.63, 3.8) is 0 Å². The Labute approximate surface area is 147 Å². The van der Waals surface area contributed by atoms with Crippen LogP contribution in [0.1, 0.15) is 34.1 Å². The zero-order chi connectivity index (χ0) is 18.1. The summed E-state index contributed by atoms with van der Waals surface area (Å²) in [5.41, 5.74) is 0.997. The van der Waals surface area contributed by atoms with Crippen LogP contribution < -0.4 is 0 Å². The van der Waals surface area contributed by atoms with Gasteiger partial charge < -0.3 is 14.6 Å². The molecule has 5 nitrogen and oxygen atoms in total. The van der Waals surface area contributed by atoms with Crippen LogP contribution in [-0.4, -0.2) is 36.9 Å². The molecule has 0 bridgehead atoms. The van der Waals surface area contributed by atoms with E-state index in [-0.39, 0.29) is 11.4 Å². The highest BCUT2D eigenvalue weighted by atomic mass is 16.5. The van der Waals surface area contributed by atoms with Crippen LogP contribution in [0.3, 0.4) is 0 Å². The van der Waals surface area contributed by atoms with Gasteiger partial charge in [0.25, 0.3) is 0 Å². The molecule has 0 aliphatic carbocycles. The van der Waals surface area contributed by atoms with Crippen LogP contribution in [0.5, 0.6) is 0 Å². The molecule has 0 spiro atoms. The van der Waals surface area contributed by atoms with E-state index < -0.39 is 5.97 Å². The fourth-order valence-corrected chi connectivity index (χ4v) is 2.24. The molecule has 1 aliphatic rings. The average Bonchev–Trinajstić information content (AvgIpc) is 2.63. The molecule has 25 heavy (non-hydrogen) atoms. The van der Waals surface area contributed by atoms with Crippen molar-refractivity contribution in [3.8, 4) is 0 Å². The minimum atomic E-state index is -0.879. The highest BCUT2D eigenvalue weighted by molar-refractivity contribution is 5.89. The van der Waals surface area contributed by atoms with Crippen molar-refractivity contribution in [2.75, 3.05) is 19.8 Å². The van der Waals surface area contributed by atoms with Crippen LogP contribution in [0.4, 0.5) is 0 Å². The molecule has 1 N–H and O–H groups in total. The third-order valence-corrected chi connectivity index (χ3v) is 4.11. The lowest BCUT2D eigenvalue weighted by molar-refractivity contribution is -0.140. The molecule has 0 unspecified atom stereocenters. The summed E-state index contributed by atoms with van der Waals surface area (Å²) < 4.78 is 10.5. The highest BCUT2D eigenvalue weighted by Gasteiger charge is 2.38. The number of benzene rings is 2. The van der Waals surface area contributed by atoms with Gasteiger partial charge in [0.05, 0.1) is 29.8 Å². The number of hydrogen-bond donors (Lipinski definition) is 1. The lowest BCUT2D eigenvalue weighted by Gasteiger charge is -2.39. The number of esters is 1. The summed E-state index contributed by atoms with van der Waals surface area (Å²) in [5.74, 6) is -1.13. The molecule has 0 amide bonds. The predicted molar refractivity (Wildman–Crippen MR) is 93.7 cm³/mol. The maximum Gasteiger partial charge on any atom is 0.338 e. The number of aromatic carboxylic acids is 1. The summed E-state index contributed by atoms with van der Waals surface area (Å²) >= 11 is 0. The topological polar surface area (TPSA) is 72.8 Å². The van der Waals surface area contributed by atoms with Crippen molar-refractivity contribution < 1.29 is 24.2 Å². The molecule has 5 heteroatoms. The number of carbonyl (C=O) groups is 2. The first-order valence-electron chi connectivity index (χ1n) is 8.14. The molecule has 0 radical (unpaired) electrons. The van der Waals surface area contributed by atoms with Crippen molar-refractivity contribution in [2.45, 2.75) is 13.3 Å². The van der Waals surface area contributed by atoms with Gasteiger partial charge in [-0.05, 0) is 30.7 Å². The molecule has 1 saturated heterocycles. The van der Waals surface area contributed by atoms with E-state index in [1.165, 1.54) is 0 Å². The SMILES string of the molecule is CCC1(COC(=O)c2ccccc2)COC1.O=C(O)c1ccccc1. The first-order valence-corrected chi connectivity index (χ1v) is 8.14. The number of hydrogen-bond acceptors (Lipinski definition) is 4. The normalized spacial score (nSPS) is 14.4. The van der Waals surface area contributed by atoms with E-state index in [4.69, 9.17) is 14.6 Å². The molecule has 132 valence electrons. The van der Waals surface area contributed by atoms with Crippen LogP contribution >= 0.6 is 0 Å². The van der Waals surface area contributed by atoms with Gasteiger partial charge in [-0.2, -0.15) is 0 Å². The highest BCUT2D eigenvalue weighted by Crippen LogP contribution is 2.31. The molecule has 0 saturated carbocycles. The number of rotatable bonds is 5. The van der Waals surface area contributed by atoms with E-state index in [1.807, 2.05) is 18.2 Å². The van der Waals surface area contributed by atoms with Gasteiger partial charge in [0.2, 0.25) is 0 Å². The Bertz CT molecular complexity index is 672. The summed E-state index contributed by atoms with van der Waals surface area (Å²) in [5, 5.41) is 8.38. The van der Waals surface area contributed by atoms with Gasteiger partial charge in [0.15, 0.2) is 0 Å². The van der Waals surface area contributed by atoms with Gasteiger partial charge in [-0.1, -0.05) is 43.3 Å². The molecule has 0 aromatic heterocycles. The van der Waals surface area contributed by atoms with Gasteiger partial charge >= 0.3 is 11.9 Å². The third-order valence-electron chi connectivity index (χ3n) is 4.11. The van der Waals surface area contributed by atoms with Crippen LogP contribution in [0, 0.1) is 5.41 Å². The number of carboxylic acid groups (broad SMARTS) is 1. The van der Waals surface area contributed by atoms with Crippen molar-refractivity contribution in [1.82, 2.24) is 0 Å². The Morgan fingerprint density at radius 1 is 1.00 bits per heavy atom. The van der Waals surface area contributed by atoms with Gasteiger partial charge in [-0.3, -0.25) is 0 Å². The molecule has 2 aromatic rings. The molecule has 1 heterocycles. The number of carboxylic acids is 1. The maximum atomic E-state index is 11.7. The zero-order valence-electron chi connectivity index (χ0n) is 14.2. The van der Waals surface area contributed by atoms with Gasteiger partial charge in [0.1, 0.15) is 6.61 Å². The molecule has 2 aromatic carbocycles.